The number of benzene rings is 1. The number of hydrogen-bond acceptors (Lipinski definition) is 5. The highest BCUT2D eigenvalue weighted by molar-refractivity contribution is 14.0. The van der Waals surface area contributed by atoms with E-state index in [0.717, 1.165) is 43.2 Å². The van der Waals surface area contributed by atoms with Crippen LogP contribution in [0.15, 0.2) is 27.7 Å². The van der Waals surface area contributed by atoms with Crippen molar-refractivity contribution < 1.29 is 9.26 Å². The maximum atomic E-state index is 5.73. The van der Waals surface area contributed by atoms with Gasteiger partial charge < -0.3 is 19.9 Å². The molecule has 7 nitrogen and oxygen atoms in total. The third-order valence-electron chi connectivity index (χ3n) is 3.70. The van der Waals surface area contributed by atoms with Crippen LogP contribution in [0, 0.1) is 13.8 Å². The summed E-state index contributed by atoms with van der Waals surface area (Å²) in [5.41, 5.74) is 2.26. The molecular weight excluding hydrogens is 457 g/mol. The van der Waals surface area contributed by atoms with Gasteiger partial charge in [0.05, 0.1) is 13.2 Å². The standard InChI is InChI=1S/C19H29N5O2.HI/c1-5-20-19(21-11-7-8-18-23-15(4)24-26-18)22-13-16-10-9-14(3)12-17(16)25-6-2;/h9-10,12H,5-8,11,13H2,1-4H3,(H2,20,21,22);1H. The van der Waals surface area contributed by atoms with E-state index < -0.39 is 0 Å². The lowest BCUT2D eigenvalue weighted by atomic mass is 10.1. The van der Waals surface area contributed by atoms with Crippen molar-refractivity contribution in [2.24, 2.45) is 4.99 Å². The molecule has 0 unspecified atom stereocenters. The highest BCUT2D eigenvalue weighted by Crippen LogP contribution is 2.21. The van der Waals surface area contributed by atoms with Crippen LogP contribution in [0.3, 0.4) is 0 Å². The van der Waals surface area contributed by atoms with Crippen LogP contribution >= 0.6 is 24.0 Å². The second-order valence-corrected chi connectivity index (χ2v) is 6.01. The first-order valence-electron chi connectivity index (χ1n) is 9.16. The lowest BCUT2D eigenvalue weighted by Crippen LogP contribution is -2.37. The molecule has 2 aromatic rings. The molecule has 27 heavy (non-hydrogen) atoms. The molecule has 1 aromatic carbocycles. The van der Waals surface area contributed by atoms with E-state index in [9.17, 15) is 0 Å². The first-order valence-corrected chi connectivity index (χ1v) is 9.16. The van der Waals surface area contributed by atoms with Gasteiger partial charge >= 0.3 is 0 Å². The Morgan fingerprint density at radius 3 is 2.70 bits per heavy atom. The van der Waals surface area contributed by atoms with Gasteiger partial charge in [-0.1, -0.05) is 17.3 Å². The van der Waals surface area contributed by atoms with Crippen molar-refractivity contribution >= 4 is 29.9 Å². The van der Waals surface area contributed by atoms with E-state index >= 15 is 0 Å². The third kappa shape index (κ3) is 8.15. The molecule has 0 bridgehead atoms. The maximum Gasteiger partial charge on any atom is 0.226 e. The Labute approximate surface area is 178 Å². The van der Waals surface area contributed by atoms with E-state index in [-0.39, 0.29) is 24.0 Å². The minimum absolute atomic E-state index is 0. The molecule has 1 aromatic heterocycles. The van der Waals surface area contributed by atoms with Gasteiger partial charge in [0.1, 0.15) is 5.75 Å². The van der Waals surface area contributed by atoms with Gasteiger partial charge in [0.25, 0.3) is 0 Å². The smallest absolute Gasteiger partial charge is 0.226 e. The van der Waals surface area contributed by atoms with Crippen LogP contribution in [0.1, 0.15) is 43.1 Å². The number of nitrogens with zero attached hydrogens (tertiary/aromatic N) is 3. The summed E-state index contributed by atoms with van der Waals surface area (Å²) in [5, 5.41) is 10.4. The quantitative estimate of drug-likeness (QED) is 0.244. The zero-order chi connectivity index (χ0) is 18.8. The number of halogens is 1. The van der Waals surface area contributed by atoms with E-state index in [1.54, 1.807) is 0 Å². The lowest BCUT2D eigenvalue weighted by Gasteiger charge is -2.13. The van der Waals surface area contributed by atoms with Gasteiger partial charge in [-0.2, -0.15) is 4.98 Å². The largest absolute Gasteiger partial charge is 0.494 e. The molecule has 0 atom stereocenters. The predicted molar refractivity (Wildman–Crippen MR) is 118 cm³/mol. The Morgan fingerprint density at radius 1 is 1.22 bits per heavy atom. The number of nitrogens with one attached hydrogen (secondary N) is 2. The Hall–Kier alpha value is -1.84. The van der Waals surface area contributed by atoms with Crippen molar-refractivity contribution in [1.29, 1.82) is 0 Å². The Balaban J connectivity index is 0.00000364. The van der Waals surface area contributed by atoms with Gasteiger partial charge in [0.2, 0.25) is 5.89 Å². The number of hydrogen-bond donors (Lipinski definition) is 2. The molecule has 2 rings (SSSR count). The minimum atomic E-state index is 0. The molecular formula is C19H30IN5O2. The van der Waals surface area contributed by atoms with E-state index in [1.807, 2.05) is 13.8 Å². The molecule has 0 fully saturated rings. The number of guanidine groups is 1. The second kappa shape index (κ2) is 12.5. The Kier molecular flexibility index (Phi) is 10.8. The summed E-state index contributed by atoms with van der Waals surface area (Å²) in [4.78, 5) is 8.88. The summed E-state index contributed by atoms with van der Waals surface area (Å²) in [6.45, 7) is 10.7. The van der Waals surface area contributed by atoms with Crippen LogP contribution in [-0.2, 0) is 13.0 Å². The van der Waals surface area contributed by atoms with Gasteiger partial charge in [0, 0.05) is 25.1 Å². The topological polar surface area (TPSA) is 84.6 Å². The van der Waals surface area contributed by atoms with E-state index in [4.69, 9.17) is 9.26 Å². The molecule has 0 aliphatic heterocycles. The molecule has 150 valence electrons. The monoisotopic (exact) mass is 487 g/mol. The van der Waals surface area contributed by atoms with Crippen molar-refractivity contribution in [3.63, 3.8) is 0 Å². The highest BCUT2D eigenvalue weighted by atomic mass is 127. The van der Waals surface area contributed by atoms with Crippen molar-refractivity contribution in [3.8, 4) is 5.75 Å². The first kappa shape index (κ1) is 23.2. The number of aliphatic imine (C=N–C) groups is 1. The van der Waals surface area contributed by atoms with Gasteiger partial charge in [-0.25, -0.2) is 4.99 Å². The van der Waals surface area contributed by atoms with Crippen molar-refractivity contribution in [2.45, 2.75) is 47.1 Å². The normalized spacial score (nSPS) is 11.0. The fraction of sp³-hybridized carbons (Fsp3) is 0.526. The van der Waals surface area contributed by atoms with Crippen LogP contribution in [-0.4, -0.2) is 35.8 Å². The lowest BCUT2D eigenvalue weighted by molar-refractivity contribution is 0.336. The molecule has 0 radical (unpaired) electrons. The summed E-state index contributed by atoms with van der Waals surface area (Å²) in [6.07, 6.45) is 1.64. The zero-order valence-corrected chi connectivity index (χ0v) is 18.9. The first-order chi connectivity index (χ1) is 12.6. The molecule has 0 amide bonds. The third-order valence-corrected chi connectivity index (χ3v) is 3.70. The van der Waals surface area contributed by atoms with Crippen LogP contribution in [0.25, 0.3) is 0 Å². The molecule has 0 saturated carbocycles. The summed E-state index contributed by atoms with van der Waals surface area (Å²) >= 11 is 0. The summed E-state index contributed by atoms with van der Waals surface area (Å²) in [7, 11) is 0. The molecule has 0 aliphatic rings. The fourth-order valence-electron chi connectivity index (χ4n) is 2.48. The Morgan fingerprint density at radius 2 is 2.04 bits per heavy atom. The molecule has 0 saturated heterocycles. The van der Waals surface area contributed by atoms with Gasteiger partial charge in [-0.15, -0.1) is 24.0 Å². The zero-order valence-electron chi connectivity index (χ0n) is 16.5. The molecule has 0 spiro atoms. The SMILES string of the molecule is CCNC(=NCc1ccc(C)cc1OCC)NCCCc1nc(C)no1.I. The Bertz CT molecular complexity index is 718. The average molecular weight is 487 g/mol. The van der Waals surface area contributed by atoms with Crippen molar-refractivity contribution in [3.05, 3.63) is 41.0 Å². The van der Waals surface area contributed by atoms with E-state index in [0.29, 0.717) is 24.9 Å². The van der Waals surface area contributed by atoms with E-state index in [1.165, 1.54) is 5.56 Å². The summed E-state index contributed by atoms with van der Waals surface area (Å²) in [6, 6.07) is 6.21. The molecule has 2 N–H and O–H groups in total. The van der Waals surface area contributed by atoms with Crippen molar-refractivity contribution in [2.75, 3.05) is 19.7 Å². The van der Waals surface area contributed by atoms with E-state index in [2.05, 4.69) is 57.8 Å². The predicted octanol–water partition coefficient (Wildman–Crippen LogP) is 3.39. The average Bonchev–Trinajstić information content (AvgIpc) is 3.03. The summed E-state index contributed by atoms with van der Waals surface area (Å²) in [5.74, 6) is 3.04. The van der Waals surface area contributed by atoms with Crippen molar-refractivity contribution in [1.82, 2.24) is 20.8 Å². The van der Waals surface area contributed by atoms with Crippen LogP contribution in [0.5, 0.6) is 5.75 Å². The minimum Gasteiger partial charge on any atom is -0.494 e. The van der Waals surface area contributed by atoms with Crippen LogP contribution in [0.2, 0.25) is 0 Å². The number of aromatic nitrogens is 2. The highest BCUT2D eigenvalue weighted by Gasteiger charge is 2.05. The second-order valence-electron chi connectivity index (χ2n) is 6.01. The van der Waals surface area contributed by atoms with Crippen LogP contribution in [0.4, 0.5) is 0 Å². The maximum absolute atomic E-state index is 5.73. The van der Waals surface area contributed by atoms with Crippen LogP contribution < -0.4 is 15.4 Å². The molecule has 8 heteroatoms. The molecule has 0 aliphatic carbocycles. The van der Waals surface area contributed by atoms with Gasteiger partial charge in [-0.05, 0) is 45.7 Å². The molecule has 1 heterocycles. The van der Waals surface area contributed by atoms with Gasteiger partial charge in [-0.3, -0.25) is 0 Å². The number of rotatable bonds is 9. The van der Waals surface area contributed by atoms with Gasteiger partial charge in [0.15, 0.2) is 11.8 Å². The summed E-state index contributed by atoms with van der Waals surface area (Å²) < 4.78 is 10.8. The number of aryl methyl sites for hydroxylation is 3. The number of ether oxygens (including phenoxy) is 1. The fourth-order valence-corrected chi connectivity index (χ4v) is 2.48.